The minimum Gasteiger partial charge on any atom is -0.497 e. The number of Topliss-reactive ketones (excluding diaryl/α,β-unsaturated/α-hetero) is 1. The molecule has 0 spiro atoms. The van der Waals surface area contributed by atoms with E-state index in [0.29, 0.717) is 5.75 Å². The van der Waals surface area contributed by atoms with Crippen molar-refractivity contribution in [3.8, 4) is 17.9 Å². The smallest absolute Gasteiger partial charge is 0.191 e. The van der Waals surface area contributed by atoms with Gasteiger partial charge in [0.2, 0.25) is 0 Å². The summed E-state index contributed by atoms with van der Waals surface area (Å²) >= 11 is 0. The zero-order valence-electron chi connectivity index (χ0n) is 8.80. The van der Waals surface area contributed by atoms with E-state index in [2.05, 4.69) is 0 Å². The Kier molecular flexibility index (Phi) is 4.06. The first-order chi connectivity index (χ1) is 7.71. The maximum absolute atomic E-state index is 11.5. The molecule has 0 saturated carbocycles. The van der Waals surface area contributed by atoms with Gasteiger partial charge in [0.15, 0.2) is 11.7 Å². The Morgan fingerprint density at radius 2 is 1.88 bits per heavy atom. The number of rotatable bonds is 4. The third-order valence-electron chi connectivity index (χ3n) is 2.12. The van der Waals surface area contributed by atoms with Crippen LogP contribution in [-0.2, 0) is 11.2 Å². The summed E-state index contributed by atoms with van der Waals surface area (Å²) in [5.41, 5.74) is 0.765. The van der Waals surface area contributed by atoms with E-state index >= 15 is 0 Å². The van der Waals surface area contributed by atoms with Crippen LogP contribution in [-0.4, -0.2) is 12.9 Å². The minimum absolute atomic E-state index is 0.0930. The van der Waals surface area contributed by atoms with E-state index in [-0.39, 0.29) is 12.2 Å². The van der Waals surface area contributed by atoms with E-state index in [4.69, 9.17) is 15.3 Å². The van der Waals surface area contributed by atoms with E-state index in [0.717, 1.165) is 5.56 Å². The number of ether oxygens (including phenoxy) is 1. The predicted octanol–water partition coefficient (Wildman–Crippen LogP) is 1.47. The van der Waals surface area contributed by atoms with Crippen LogP contribution in [0.25, 0.3) is 0 Å². The summed E-state index contributed by atoms with van der Waals surface area (Å²) in [7, 11) is 1.56. The number of benzene rings is 1. The summed E-state index contributed by atoms with van der Waals surface area (Å²) < 4.78 is 4.97. The van der Waals surface area contributed by atoms with Crippen molar-refractivity contribution in [2.45, 2.75) is 6.42 Å². The maximum atomic E-state index is 11.5. The molecule has 0 aliphatic heterocycles. The fraction of sp³-hybridized carbons (Fsp3) is 0.250. The van der Waals surface area contributed by atoms with Gasteiger partial charge in [-0.3, -0.25) is 4.79 Å². The summed E-state index contributed by atoms with van der Waals surface area (Å²) in [6.07, 6.45) is 0.0930. The Morgan fingerprint density at radius 1 is 1.31 bits per heavy atom. The van der Waals surface area contributed by atoms with Crippen molar-refractivity contribution in [3.05, 3.63) is 29.8 Å². The van der Waals surface area contributed by atoms with Gasteiger partial charge in [-0.1, -0.05) is 12.1 Å². The lowest BCUT2D eigenvalue weighted by atomic mass is 10.0. The normalized spacial score (nSPS) is 9.25. The first-order valence-electron chi connectivity index (χ1n) is 4.66. The van der Waals surface area contributed by atoms with E-state index in [1.807, 2.05) is 0 Å². The van der Waals surface area contributed by atoms with Crippen molar-refractivity contribution in [2.75, 3.05) is 7.11 Å². The number of hydrogen-bond donors (Lipinski definition) is 0. The molecule has 0 aliphatic carbocycles. The fourth-order valence-corrected chi connectivity index (χ4v) is 1.22. The number of carbonyl (C=O) groups excluding carboxylic acids is 1. The highest BCUT2D eigenvalue weighted by Crippen LogP contribution is 2.13. The molecular weight excluding hydrogens is 204 g/mol. The van der Waals surface area contributed by atoms with E-state index in [1.165, 1.54) is 0 Å². The first kappa shape index (κ1) is 11.7. The van der Waals surface area contributed by atoms with Crippen LogP contribution in [0.1, 0.15) is 5.56 Å². The summed E-state index contributed by atoms with van der Waals surface area (Å²) in [5, 5.41) is 17.1. The number of methoxy groups -OCH3 is 1. The van der Waals surface area contributed by atoms with Gasteiger partial charge in [-0.15, -0.1) is 0 Å². The van der Waals surface area contributed by atoms with Crippen LogP contribution in [0.4, 0.5) is 0 Å². The monoisotopic (exact) mass is 214 g/mol. The summed E-state index contributed by atoms with van der Waals surface area (Å²) in [5.74, 6) is -0.856. The highest BCUT2D eigenvalue weighted by atomic mass is 16.5. The largest absolute Gasteiger partial charge is 0.497 e. The molecule has 1 aromatic rings. The van der Waals surface area contributed by atoms with Gasteiger partial charge < -0.3 is 4.74 Å². The topological polar surface area (TPSA) is 73.9 Å². The van der Waals surface area contributed by atoms with Gasteiger partial charge in [-0.25, -0.2) is 0 Å². The van der Waals surface area contributed by atoms with Crippen LogP contribution < -0.4 is 4.74 Å². The number of nitriles is 2. The zero-order chi connectivity index (χ0) is 12.0. The van der Waals surface area contributed by atoms with Crippen molar-refractivity contribution in [1.29, 1.82) is 10.5 Å². The molecular formula is C12H10N2O2. The molecule has 0 heterocycles. The van der Waals surface area contributed by atoms with Crippen molar-refractivity contribution in [3.63, 3.8) is 0 Å². The molecule has 0 aliphatic rings. The molecule has 0 atom stereocenters. The van der Waals surface area contributed by atoms with Crippen LogP contribution in [0.15, 0.2) is 24.3 Å². The maximum Gasteiger partial charge on any atom is 0.191 e. The van der Waals surface area contributed by atoms with Gasteiger partial charge in [-0.2, -0.15) is 10.5 Å². The average Bonchev–Trinajstić information content (AvgIpc) is 2.31. The molecule has 0 fully saturated rings. The predicted molar refractivity (Wildman–Crippen MR) is 56.4 cm³/mol. The van der Waals surface area contributed by atoms with Gasteiger partial charge >= 0.3 is 0 Å². The molecule has 0 radical (unpaired) electrons. The van der Waals surface area contributed by atoms with Crippen molar-refractivity contribution >= 4 is 5.78 Å². The van der Waals surface area contributed by atoms with Crippen LogP contribution in [0, 0.1) is 28.6 Å². The Morgan fingerprint density at radius 3 is 2.31 bits per heavy atom. The fourth-order valence-electron chi connectivity index (χ4n) is 1.22. The first-order valence-corrected chi connectivity index (χ1v) is 4.66. The van der Waals surface area contributed by atoms with Crippen LogP contribution in [0.3, 0.4) is 0 Å². The molecule has 0 N–H and O–H groups in total. The lowest BCUT2D eigenvalue weighted by molar-refractivity contribution is -0.119. The molecule has 4 heteroatoms. The van der Waals surface area contributed by atoms with Crippen molar-refractivity contribution in [2.24, 2.45) is 5.92 Å². The zero-order valence-corrected chi connectivity index (χ0v) is 8.80. The Labute approximate surface area is 93.7 Å². The molecule has 0 amide bonds. The Bertz CT molecular complexity index is 437. The molecule has 0 aromatic heterocycles. The SMILES string of the molecule is COc1ccc(CC(=O)C(C#N)C#N)cc1. The van der Waals surface area contributed by atoms with Gasteiger partial charge in [0.25, 0.3) is 0 Å². The molecule has 16 heavy (non-hydrogen) atoms. The van der Waals surface area contributed by atoms with E-state index < -0.39 is 5.92 Å². The van der Waals surface area contributed by atoms with E-state index in [1.54, 1.807) is 43.5 Å². The molecule has 1 rings (SSSR count). The number of carbonyl (C=O) groups is 1. The quantitative estimate of drug-likeness (QED) is 0.760. The third kappa shape index (κ3) is 2.83. The lowest BCUT2D eigenvalue weighted by Crippen LogP contribution is -2.13. The molecule has 80 valence electrons. The van der Waals surface area contributed by atoms with Gasteiger partial charge in [-0.05, 0) is 17.7 Å². The van der Waals surface area contributed by atoms with Crippen LogP contribution in [0.2, 0.25) is 0 Å². The Hall–Kier alpha value is -2.33. The van der Waals surface area contributed by atoms with Crippen LogP contribution in [0.5, 0.6) is 5.75 Å². The average molecular weight is 214 g/mol. The molecule has 1 aromatic carbocycles. The van der Waals surface area contributed by atoms with Gasteiger partial charge in [0, 0.05) is 6.42 Å². The van der Waals surface area contributed by atoms with Gasteiger partial charge in [0.1, 0.15) is 5.75 Å². The van der Waals surface area contributed by atoms with Gasteiger partial charge in [0.05, 0.1) is 19.2 Å². The highest BCUT2D eigenvalue weighted by molar-refractivity contribution is 5.87. The lowest BCUT2D eigenvalue weighted by Gasteiger charge is -2.02. The molecule has 0 saturated heterocycles. The summed E-state index contributed by atoms with van der Waals surface area (Å²) in [4.78, 5) is 11.5. The molecule has 4 nitrogen and oxygen atoms in total. The second kappa shape index (κ2) is 5.53. The van der Waals surface area contributed by atoms with E-state index in [9.17, 15) is 4.79 Å². The Balaban J connectivity index is 2.71. The van der Waals surface area contributed by atoms with Crippen molar-refractivity contribution < 1.29 is 9.53 Å². The summed E-state index contributed by atoms with van der Waals surface area (Å²) in [6, 6.07) is 10.3. The minimum atomic E-state index is -1.18. The number of ketones is 1. The number of hydrogen-bond acceptors (Lipinski definition) is 4. The number of nitrogens with zero attached hydrogens (tertiary/aromatic N) is 2. The van der Waals surface area contributed by atoms with Crippen LogP contribution >= 0.6 is 0 Å². The highest BCUT2D eigenvalue weighted by Gasteiger charge is 2.16. The molecule has 0 unspecified atom stereocenters. The summed E-state index contributed by atoms with van der Waals surface area (Å²) in [6.45, 7) is 0. The second-order valence-electron chi connectivity index (χ2n) is 3.18. The standard InChI is InChI=1S/C12H10N2O2/c1-16-11-4-2-9(3-5-11)6-12(15)10(7-13)8-14/h2-5,10H,6H2,1H3. The third-order valence-corrected chi connectivity index (χ3v) is 2.12. The molecule has 0 bridgehead atoms. The second-order valence-corrected chi connectivity index (χ2v) is 3.18. The van der Waals surface area contributed by atoms with Crippen molar-refractivity contribution in [1.82, 2.24) is 0 Å².